The molecule has 3 aromatic rings. The lowest BCUT2D eigenvalue weighted by molar-refractivity contribution is -0.143. The lowest BCUT2D eigenvalue weighted by Crippen LogP contribution is -2.29. The van der Waals surface area contributed by atoms with E-state index in [1.165, 1.54) is 19.3 Å². The number of carbonyl (C=O) groups is 1. The Morgan fingerprint density at radius 2 is 1.83 bits per heavy atom. The number of hydrogen-bond acceptors (Lipinski definition) is 3. The van der Waals surface area contributed by atoms with E-state index in [0.29, 0.717) is 5.56 Å². The first-order chi connectivity index (χ1) is 14.3. The van der Waals surface area contributed by atoms with Crippen LogP contribution in [0.15, 0.2) is 42.7 Å². The number of nitrogens with zero attached hydrogens (tertiary/aromatic N) is 3. The van der Waals surface area contributed by atoms with E-state index < -0.39 is 17.8 Å². The predicted octanol–water partition coefficient (Wildman–Crippen LogP) is 4.87. The molecule has 1 N–H and O–H groups in total. The molecule has 0 spiro atoms. The van der Waals surface area contributed by atoms with Crippen LogP contribution >= 0.6 is 11.6 Å². The summed E-state index contributed by atoms with van der Waals surface area (Å²) >= 11 is 5.85. The van der Waals surface area contributed by atoms with E-state index in [-0.39, 0.29) is 40.3 Å². The predicted molar refractivity (Wildman–Crippen MR) is 106 cm³/mol. The van der Waals surface area contributed by atoms with Crippen LogP contribution in [-0.4, -0.2) is 26.5 Å². The van der Waals surface area contributed by atoms with Gasteiger partial charge in [0.05, 0.1) is 10.6 Å². The Hall–Kier alpha value is -2.87. The van der Waals surface area contributed by atoms with E-state index in [0.717, 1.165) is 17.4 Å². The maximum absolute atomic E-state index is 14.1. The highest BCUT2D eigenvalue weighted by molar-refractivity contribution is 6.30. The van der Waals surface area contributed by atoms with Crippen LogP contribution in [0.5, 0.6) is 0 Å². The molecule has 0 radical (unpaired) electrons. The van der Waals surface area contributed by atoms with Crippen molar-refractivity contribution >= 4 is 17.5 Å². The quantitative estimate of drug-likeness (QED) is 0.623. The zero-order valence-corrected chi connectivity index (χ0v) is 16.8. The molecule has 1 aliphatic rings. The van der Waals surface area contributed by atoms with Crippen LogP contribution in [0.1, 0.15) is 40.2 Å². The van der Waals surface area contributed by atoms with E-state index >= 15 is 0 Å². The van der Waals surface area contributed by atoms with Gasteiger partial charge in [0.15, 0.2) is 5.82 Å². The minimum absolute atomic E-state index is 0.0220. The van der Waals surface area contributed by atoms with E-state index in [2.05, 4.69) is 15.3 Å². The summed E-state index contributed by atoms with van der Waals surface area (Å²) in [6.07, 6.45) is -0.453. The number of amides is 1. The highest BCUT2D eigenvalue weighted by Crippen LogP contribution is 2.40. The average Bonchev–Trinajstić information content (AvgIpc) is 3.44. The molecule has 0 unspecified atom stereocenters. The van der Waals surface area contributed by atoms with Crippen LogP contribution in [0.25, 0.3) is 11.4 Å². The van der Waals surface area contributed by atoms with Crippen LogP contribution in [0, 0.1) is 6.92 Å². The molecule has 4 rings (SSSR count). The van der Waals surface area contributed by atoms with Crippen molar-refractivity contribution in [3.05, 3.63) is 70.3 Å². The number of nitrogens with one attached hydrogen (secondary N) is 1. The largest absolute Gasteiger partial charge is 0.431 e. The number of hydrogen-bond donors (Lipinski definition) is 1. The molecule has 1 saturated carbocycles. The molecular weight excluding hydrogens is 417 g/mol. The first-order valence-electron chi connectivity index (χ1n) is 9.38. The number of alkyl halides is 3. The SMILES string of the molecule is Cc1c(-c2ncc(Cl)cn2)c(C(=O)NC2CC2)n(Cc2ccccc2)c1C(F)(F)F. The molecule has 5 nitrogen and oxygen atoms in total. The van der Waals surface area contributed by atoms with Crippen LogP contribution in [0.4, 0.5) is 13.2 Å². The molecule has 0 atom stereocenters. The van der Waals surface area contributed by atoms with Gasteiger partial charge in [-0.2, -0.15) is 13.2 Å². The maximum Gasteiger partial charge on any atom is 0.431 e. The van der Waals surface area contributed by atoms with Crippen molar-refractivity contribution in [2.24, 2.45) is 0 Å². The van der Waals surface area contributed by atoms with Crippen LogP contribution < -0.4 is 5.32 Å². The van der Waals surface area contributed by atoms with Gasteiger partial charge < -0.3 is 9.88 Å². The molecule has 0 saturated heterocycles. The first kappa shape index (κ1) is 20.4. The van der Waals surface area contributed by atoms with Gasteiger partial charge in [0.2, 0.25) is 0 Å². The Labute approximate surface area is 175 Å². The average molecular weight is 435 g/mol. The summed E-state index contributed by atoms with van der Waals surface area (Å²) in [5, 5.41) is 3.05. The van der Waals surface area contributed by atoms with Gasteiger partial charge in [-0.05, 0) is 30.9 Å². The fourth-order valence-electron chi connectivity index (χ4n) is 3.47. The Kier molecular flexibility index (Phi) is 5.27. The second-order valence-electron chi connectivity index (χ2n) is 7.24. The van der Waals surface area contributed by atoms with Gasteiger partial charge >= 0.3 is 6.18 Å². The van der Waals surface area contributed by atoms with Gasteiger partial charge in [-0.25, -0.2) is 9.97 Å². The zero-order chi connectivity index (χ0) is 21.5. The third-order valence-electron chi connectivity index (χ3n) is 4.93. The first-order valence-corrected chi connectivity index (χ1v) is 9.76. The smallest absolute Gasteiger partial charge is 0.348 e. The highest BCUT2D eigenvalue weighted by atomic mass is 35.5. The van der Waals surface area contributed by atoms with Gasteiger partial charge in [-0.3, -0.25) is 4.79 Å². The molecule has 156 valence electrons. The Morgan fingerprint density at radius 3 is 2.40 bits per heavy atom. The van der Waals surface area contributed by atoms with Gasteiger partial charge in [0.25, 0.3) is 5.91 Å². The summed E-state index contributed by atoms with van der Waals surface area (Å²) < 4.78 is 43.4. The second-order valence-corrected chi connectivity index (χ2v) is 7.68. The fourth-order valence-corrected chi connectivity index (χ4v) is 3.57. The van der Waals surface area contributed by atoms with E-state index in [4.69, 9.17) is 11.6 Å². The van der Waals surface area contributed by atoms with Crippen molar-refractivity contribution in [3.8, 4) is 11.4 Å². The molecule has 1 aromatic carbocycles. The number of aromatic nitrogens is 3. The minimum Gasteiger partial charge on any atom is -0.348 e. The Bertz CT molecular complexity index is 1070. The molecule has 1 aliphatic carbocycles. The summed E-state index contributed by atoms with van der Waals surface area (Å²) in [7, 11) is 0. The molecule has 2 aromatic heterocycles. The third-order valence-corrected chi connectivity index (χ3v) is 5.13. The summed E-state index contributed by atoms with van der Waals surface area (Å²) in [4.78, 5) is 21.3. The molecule has 9 heteroatoms. The van der Waals surface area contributed by atoms with Gasteiger partial charge in [0, 0.05) is 25.0 Å². The third kappa shape index (κ3) is 4.05. The van der Waals surface area contributed by atoms with Crippen LogP contribution in [0.2, 0.25) is 5.02 Å². The van der Waals surface area contributed by atoms with E-state index in [1.807, 2.05) is 0 Å². The van der Waals surface area contributed by atoms with Crippen molar-refractivity contribution in [1.82, 2.24) is 19.9 Å². The lowest BCUT2D eigenvalue weighted by atomic mass is 10.1. The van der Waals surface area contributed by atoms with Crippen molar-refractivity contribution in [1.29, 1.82) is 0 Å². The number of benzene rings is 1. The van der Waals surface area contributed by atoms with Crippen molar-refractivity contribution < 1.29 is 18.0 Å². The lowest BCUT2D eigenvalue weighted by Gasteiger charge is -2.16. The van der Waals surface area contributed by atoms with E-state index in [9.17, 15) is 18.0 Å². The van der Waals surface area contributed by atoms with Crippen molar-refractivity contribution in [2.45, 2.75) is 38.5 Å². The highest BCUT2D eigenvalue weighted by Gasteiger charge is 2.42. The van der Waals surface area contributed by atoms with Gasteiger partial charge in [-0.15, -0.1) is 0 Å². The zero-order valence-electron chi connectivity index (χ0n) is 16.0. The molecule has 0 aliphatic heterocycles. The number of carbonyl (C=O) groups excluding carboxylic acids is 1. The molecule has 30 heavy (non-hydrogen) atoms. The summed E-state index contributed by atoms with van der Waals surface area (Å²) in [6.45, 7) is 1.23. The topological polar surface area (TPSA) is 59.8 Å². The second kappa shape index (κ2) is 7.75. The normalized spacial score (nSPS) is 14.0. The van der Waals surface area contributed by atoms with Gasteiger partial charge in [0.1, 0.15) is 11.4 Å². The van der Waals surface area contributed by atoms with E-state index in [1.54, 1.807) is 30.3 Å². The molecule has 1 fully saturated rings. The van der Waals surface area contributed by atoms with Gasteiger partial charge in [-0.1, -0.05) is 41.9 Å². The molecule has 0 bridgehead atoms. The maximum atomic E-state index is 14.1. The van der Waals surface area contributed by atoms with Crippen molar-refractivity contribution in [2.75, 3.05) is 0 Å². The number of rotatable bonds is 5. The minimum atomic E-state index is -4.67. The number of halogens is 4. The fraction of sp³-hybridized carbons (Fsp3) is 0.286. The summed E-state index contributed by atoms with van der Waals surface area (Å²) in [6, 6.07) is 8.68. The monoisotopic (exact) mass is 434 g/mol. The van der Waals surface area contributed by atoms with Crippen LogP contribution in [0.3, 0.4) is 0 Å². The van der Waals surface area contributed by atoms with Crippen LogP contribution in [-0.2, 0) is 12.7 Å². The Balaban J connectivity index is 1.96. The standard InChI is InChI=1S/C21H18ClF3N4O/c1-12-16(19-26-9-14(22)10-27-19)17(20(30)28-15-7-8-15)29(18(12)21(23,24)25)11-13-5-3-2-4-6-13/h2-6,9-10,15H,7-8,11H2,1H3,(H,28,30). The Morgan fingerprint density at radius 1 is 1.20 bits per heavy atom. The molecule has 2 heterocycles. The molecular formula is C21H18ClF3N4O. The molecule has 1 amide bonds. The summed E-state index contributed by atoms with van der Waals surface area (Å²) in [5.41, 5.74) is -0.379. The summed E-state index contributed by atoms with van der Waals surface area (Å²) in [5.74, 6) is -0.546. The van der Waals surface area contributed by atoms with Crippen molar-refractivity contribution in [3.63, 3.8) is 0 Å².